The quantitative estimate of drug-likeness (QED) is 0.778. The first kappa shape index (κ1) is 12.0. The molecule has 1 aromatic rings. The Labute approximate surface area is 93.1 Å². The van der Waals surface area contributed by atoms with Gasteiger partial charge in [0.25, 0.3) is 0 Å². The van der Waals surface area contributed by atoms with E-state index in [1.54, 1.807) is 12.1 Å². The highest BCUT2D eigenvalue weighted by atomic mass is 16.5. The summed E-state index contributed by atoms with van der Waals surface area (Å²) in [6.45, 7) is -0.00741. The van der Waals surface area contributed by atoms with Crippen molar-refractivity contribution in [1.29, 1.82) is 5.26 Å². The number of benzene rings is 1. The van der Waals surface area contributed by atoms with E-state index in [9.17, 15) is 4.79 Å². The van der Waals surface area contributed by atoms with Crippen LogP contribution < -0.4 is 10.5 Å². The first-order chi connectivity index (χ1) is 7.63. The lowest BCUT2D eigenvalue weighted by Crippen LogP contribution is -2.21. The minimum absolute atomic E-state index is 0.00741. The van der Waals surface area contributed by atoms with Gasteiger partial charge in [-0.2, -0.15) is 5.26 Å². The Morgan fingerprint density at radius 1 is 1.69 bits per heavy atom. The molecule has 5 heteroatoms. The smallest absolute Gasteiger partial charge is 0.312 e. The summed E-state index contributed by atoms with van der Waals surface area (Å²) in [5.74, 6) is -1.37. The van der Waals surface area contributed by atoms with Crippen molar-refractivity contribution in [3.05, 3.63) is 29.3 Å². The normalized spacial score (nSPS) is 11.6. The molecule has 0 heterocycles. The van der Waals surface area contributed by atoms with Gasteiger partial charge < -0.3 is 15.6 Å². The van der Waals surface area contributed by atoms with E-state index >= 15 is 0 Å². The topological polar surface area (TPSA) is 96.3 Å². The number of carboxylic acid groups (broad SMARTS) is 1. The predicted octanol–water partition coefficient (Wildman–Crippen LogP) is 0.694. The molecule has 0 aliphatic carbocycles. The van der Waals surface area contributed by atoms with E-state index in [1.807, 2.05) is 6.07 Å². The van der Waals surface area contributed by atoms with E-state index < -0.39 is 11.9 Å². The fourth-order valence-electron chi connectivity index (χ4n) is 1.41. The van der Waals surface area contributed by atoms with Crippen molar-refractivity contribution in [2.75, 3.05) is 13.7 Å². The second kappa shape index (κ2) is 5.14. The molecular weight excluding hydrogens is 208 g/mol. The number of aliphatic carboxylic acids is 1. The Kier molecular flexibility index (Phi) is 3.86. The van der Waals surface area contributed by atoms with Crippen molar-refractivity contribution in [2.45, 2.75) is 5.92 Å². The van der Waals surface area contributed by atoms with Gasteiger partial charge in [0.2, 0.25) is 0 Å². The van der Waals surface area contributed by atoms with Crippen molar-refractivity contribution in [1.82, 2.24) is 0 Å². The molecule has 1 rings (SSSR count). The van der Waals surface area contributed by atoms with Crippen LogP contribution in [-0.2, 0) is 4.79 Å². The molecule has 0 saturated heterocycles. The van der Waals surface area contributed by atoms with E-state index in [1.165, 1.54) is 13.2 Å². The maximum absolute atomic E-state index is 10.9. The summed E-state index contributed by atoms with van der Waals surface area (Å²) in [6, 6.07) is 6.61. The zero-order valence-corrected chi connectivity index (χ0v) is 8.80. The Balaban J connectivity index is 3.17. The highest BCUT2D eigenvalue weighted by Crippen LogP contribution is 2.23. The summed E-state index contributed by atoms with van der Waals surface area (Å²) in [6.07, 6.45) is 0. The number of hydrogen-bond acceptors (Lipinski definition) is 4. The number of nitrogens with two attached hydrogens (primary N) is 1. The molecular formula is C11H12N2O3. The van der Waals surface area contributed by atoms with Crippen molar-refractivity contribution >= 4 is 5.97 Å². The molecule has 1 atom stereocenters. The van der Waals surface area contributed by atoms with Gasteiger partial charge in [-0.3, -0.25) is 4.79 Å². The average molecular weight is 220 g/mol. The summed E-state index contributed by atoms with van der Waals surface area (Å²) in [5.41, 5.74) is 6.18. The number of ether oxygens (including phenoxy) is 1. The summed E-state index contributed by atoms with van der Waals surface area (Å²) in [5, 5.41) is 17.8. The number of nitriles is 1. The van der Waals surface area contributed by atoms with Crippen LogP contribution in [-0.4, -0.2) is 24.7 Å². The summed E-state index contributed by atoms with van der Waals surface area (Å²) >= 11 is 0. The highest BCUT2D eigenvalue weighted by molar-refractivity contribution is 5.76. The number of nitrogens with zero attached hydrogens (tertiary/aromatic N) is 1. The van der Waals surface area contributed by atoms with Crippen LogP contribution >= 0.6 is 0 Å². The van der Waals surface area contributed by atoms with Crippen molar-refractivity contribution < 1.29 is 14.6 Å². The number of methoxy groups -OCH3 is 1. The third-order valence-electron chi connectivity index (χ3n) is 2.28. The second-order valence-electron chi connectivity index (χ2n) is 3.20. The number of carboxylic acids is 1. The maximum Gasteiger partial charge on any atom is 0.312 e. The lowest BCUT2D eigenvalue weighted by molar-refractivity contribution is -0.138. The minimum atomic E-state index is -1.00. The molecule has 84 valence electrons. The van der Waals surface area contributed by atoms with Crippen LogP contribution in [0.3, 0.4) is 0 Å². The molecule has 0 radical (unpaired) electrons. The standard InChI is InChI=1S/C11H12N2O3/c1-16-10-3-2-7(4-8(10)5-12)9(6-13)11(14)15/h2-4,9H,6,13H2,1H3,(H,14,15). The fraction of sp³-hybridized carbons (Fsp3) is 0.273. The molecule has 0 spiro atoms. The monoisotopic (exact) mass is 220 g/mol. The van der Waals surface area contributed by atoms with Crippen LogP contribution in [0.15, 0.2) is 18.2 Å². The maximum atomic E-state index is 10.9. The van der Waals surface area contributed by atoms with Crippen LogP contribution in [0.4, 0.5) is 0 Å². The Hall–Kier alpha value is -2.06. The van der Waals surface area contributed by atoms with E-state index in [4.69, 9.17) is 20.8 Å². The molecule has 1 aromatic carbocycles. The van der Waals surface area contributed by atoms with Gasteiger partial charge in [0.05, 0.1) is 18.6 Å². The van der Waals surface area contributed by atoms with Crippen molar-refractivity contribution in [3.63, 3.8) is 0 Å². The third-order valence-corrected chi connectivity index (χ3v) is 2.28. The van der Waals surface area contributed by atoms with Gasteiger partial charge in [-0.05, 0) is 17.7 Å². The summed E-state index contributed by atoms with van der Waals surface area (Å²) in [4.78, 5) is 10.9. The van der Waals surface area contributed by atoms with E-state index in [2.05, 4.69) is 0 Å². The minimum Gasteiger partial charge on any atom is -0.495 e. The highest BCUT2D eigenvalue weighted by Gasteiger charge is 2.19. The summed E-state index contributed by atoms with van der Waals surface area (Å²) in [7, 11) is 1.45. The van der Waals surface area contributed by atoms with E-state index in [0.717, 1.165) is 0 Å². The van der Waals surface area contributed by atoms with Crippen molar-refractivity contribution in [3.8, 4) is 11.8 Å². The van der Waals surface area contributed by atoms with Gasteiger partial charge in [-0.25, -0.2) is 0 Å². The first-order valence-electron chi connectivity index (χ1n) is 4.65. The molecule has 0 aromatic heterocycles. The number of rotatable bonds is 4. The van der Waals surface area contributed by atoms with Crippen LogP contribution in [0.2, 0.25) is 0 Å². The molecule has 0 amide bonds. The van der Waals surface area contributed by atoms with Crippen LogP contribution in [0.1, 0.15) is 17.0 Å². The molecule has 0 fully saturated rings. The lowest BCUT2D eigenvalue weighted by atomic mass is 9.97. The molecule has 0 aliphatic heterocycles. The number of carbonyl (C=O) groups is 1. The summed E-state index contributed by atoms with van der Waals surface area (Å²) < 4.78 is 4.96. The Bertz CT molecular complexity index is 437. The molecule has 1 unspecified atom stereocenters. The van der Waals surface area contributed by atoms with E-state index in [0.29, 0.717) is 16.9 Å². The van der Waals surface area contributed by atoms with Gasteiger partial charge >= 0.3 is 5.97 Å². The van der Waals surface area contributed by atoms with Gasteiger partial charge in [-0.15, -0.1) is 0 Å². The second-order valence-corrected chi connectivity index (χ2v) is 3.20. The van der Waals surface area contributed by atoms with Crippen LogP contribution in [0.5, 0.6) is 5.75 Å². The predicted molar refractivity (Wildman–Crippen MR) is 57.1 cm³/mol. The third kappa shape index (κ3) is 2.30. The lowest BCUT2D eigenvalue weighted by Gasteiger charge is -2.11. The molecule has 16 heavy (non-hydrogen) atoms. The molecule has 3 N–H and O–H groups in total. The molecule has 0 aliphatic rings. The van der Waals surface area contributed by atoms with Gasteiger partial charge in [-0.1, -0.05) is 6.07 Å². The number of hydrogen-bond donors (Lipinski definition) is 2. The zero-order chi connectivity index (χ0) is 12.1. The molecule has 0 saturated carbocycles. The largest absolute Gasteiger partial charge is 0.495 e. The average Bonchev–Trinajstić information content (AvgIpc) is 2.29. The Morgan fingerprint density at radius 3 is 2.81 bits per heavy atom. The van der Waals surface area contributed by atoms with Gasteiger partial charge in [0, 0.05) is 6.54 Å². The zero-order valence-electron chi connectivity index (χ0n) is 8.80. The fourth-order valence-corrected chi connectivity index (χ4v) is 1.41. The van der Waals surface area contributed by atoms with Gasteiger partial charge in [0.15, 0.2) is 0 Å². The van der Waals surface area contributed by atoms with Crippen LogP contribution in [0.25, 0.3) is 0 Å². The SMILES string of the molecule is COc1ccc(C(CN)C(=O)O)cc1C#N. The first-order valence-corrected chi connectivity index (χ1v) is 4.65. The molecule has 5 nitrogen and oxygen atoms in total. The van der Waals surface area contributed by atoms with E-state index in [-0.39, 0.29) is 6.54 Å². The van der Waals surface area contributed by atoms with Crippen molar-refractivity contribution in [2.24, 2.45) is 5.73 Å². The Morgan fingerprint density at radius 2 is 2.38 bits per heavy atom. The molecule has 0 bridgehead atoms. The van der Waals surface area contributed by atoms with Crippen LogP contribution in [0, 0.1) is 11.3 Å². The van der Waals surface area contributed by atoms with Gasteiger partial charge in [0.1, 0.15) is 11.8 Å².